The van der Waals surface area contributed by atoms with Gasteiger partial charge in [0.05, 0.1) is 4.90 Å². The normalized spacial score (nSPS) is 13.1. The molecule has 3 rings (SSSR count). The average Bonchev–Trinajstić information content (AvgIpc) is 2.54. The van der Waals surface area contributed by atoms with Crippen molar-refractivity contribution in [1.29, 1.82) is 0 Å². The average molecular weight is 329 g/mol. The quantitative estimate of drug-likeness (QED) is 0.786. The van der Waals surface area contributed by atoms with Gasteiger partial charge in [0.25, 0.3) is 0 Å². The fourth-order valence-corrected chi connectivity index (χ4v) is 3.83. The third kappa shape index (κ3) is 3.25. The highest BCUT2D eigenvalue weighted by Gasteiger charge is 2.19. The van der Waals surface area contributed by atoms with Gasteiger partial charge in [-0.15, -0.1) is 0 Å². The number of benzene rings is 3. The summed E-state index contributed by atoms with van der Waals surface area (Å²) < 4.78 is 40.5. The Morgan fingerprint density at radius 2 is 1.57 bits per heavy atom. The van der Waals surface area contributed by atoms with E-state index in [1.165, 1.54) is 12.1 Å². The predicted octanol–water partition coefficient (Wildman–Crippen LogP) is 4.02. The summed E-state index contributed by atoms with van der Waals surface area (Å²) in [5, 5.41) is 2.06. The zero-order valence-corrected chi connectivity index (χ0v) is 13.3. The fraction of sp³-hybridized carbons (Fsp3) is 0.111. The second-order valence-electron chi connectivity index (χ2n) is 5.37. The lowest BCUT2D eigenvalue weighted by Gasteiger charge is -2.17. The van der Waals surface area contributed by atoms with Crippen LogP contribution in [0.4, 0.5) is 4.39 Å². The van der Waals surface area contributed by atoms with Crippen LogP contribution in [0.2, 0.25) is 0 Å². The van der Waals surface area contributed by atoms with E-state index in [-0.39, 0.29) is 4.90 Å². The first-order chi connectivity index (χ1) is 11.0. The van der Waals surface area contributed by atoms with Gasteiger partial charge in [-0.2, -0.15) is 0 Å². The van der Waals surface area contributed by atoms with Crippen molar-refractivity contribution in [3.8, 4) is 0 Å². The van der Waals surface area contributed by atoms with Crippen LogP contribution in [0, 0.1) is 5.82 Å². The molecule has 1 atom stereocenters. The van der Waals surface area contributed by atoms with Gasteiger partial charge in [-0.25, -0.2) is 17.5 Å². The number of hydrogen-bond acceptors (Lipinski definition) is 2. The van der Waals surface area contributed by atoms with Gasteiger partial charge in [0.1, 0.15) is 5.82 Å². The third-order valence-corrected chi connectivity index (χ3v) is 5.30. The summed E-state index contributed by atoms with van der Waals surface area (Å²) >= 11 is 0. The lowest BCUT2D eigenvalue weighted by atomic mass is 10.0. The van der Waals surface area contributed by atoms with Crippen molar-refractivity contribution in [2.24, 2.45) is 0 Å². The van der Waals surface area contributed by atoms with Crippen LogP contribution in [0.25, 0.3) is 10.8 Å². The van der Waals surface area contributed by atoms with Crippen molar-refractivity contribution in [2.75, 3.05) is 0 Å². The molecule has 0 aliphatic carbocycles. The van der Waals surface area contributed by atoms with Crippen molar-refractivity contribution in [3.63, 3.8) is 0 Å². The van der Waals surface area contributed by atoms with Gasteiger partial charge in [0, 0.05) is 6.04 Å². The van der Waals surface area contributed by atoms with Crippen LogP contribution in [0.5, 0.6) is 0 Å². The van der Waals surface area contributed by atoms with Crippen LogP contribution >= 0.6 is 0 Å². The summed E-state index contributed by atoms with van der Waals surface area (Å²) in [5.74, 6) is -0.467. The Balaban J connectivity index is 1.94. The summed E-state index contributed by atoms with van der Waals surface area (Å²) in [6, 6.07) is 18.0. The maximum atomic E-state index is 13.0. The zero-order chi connectivity index (χ0) is 16.4. The molecule has 23 heavy (non-hydrogen) atoms. The molecular formula is C18H16FNO2S. The Morgan fingerprint density at radius 3 is 2.30 bits per heavy atom. The van der Waals surface area contributed by atoms with E-state index in [0.717, 1.165) is 28.5 Å². The molecule has 0 heterocycles. The lowest BCUT2D eigenvalue weighted by Crippen LogP contribution is -2.27. The zero-order valence-electron chi connectivity index (χ0n) is 12.5. The minimum atomic E-state index is -3.71. The largest absolute Gasteiger partial charge is 0.241 e. The molecule has 3 aromatic carbocycles. The molecular weight excluding hydrogens is 313 g/mol. The first-order valence-corrected chi connectivity index (χ1v) is 8.71. The molecule has 3 aromatic rings. The summed E-state index contributed by atoms with van der Waals surface area (Å²) in [6.45, 7) is 1.79. The molecule has 1 N–H and O–H groups in total. The maximum Gasteiger partial charge on any atom is 0.241 e. The molecule has 0 spiro atoms. The topological polar surface area (TPSA) is 46.2 Å². The highest BCUT2D eigenvalue weighted by atomic mass is 32.2. The second-order valence-corrected chi connectivity index (χ2v) is 7.08. The van der Waals surface area contributed by atoms with E-state index in [0.29, 0.717) is 0 Å². The van der Waals surface area contributed by atoms with Gasteiger partial charge in [-0.3, -0.25) is 0 Å². The molecule has 0 saturated heterocycles. The molecule has 0 aliphatic rings. The Bertz CT molecular complexity index is 931. The molecule has 0 bridgehead atoms. The molecule has 1 unspecified atom stereocenters. The first kappa shape index (κ1) is 15.6. The van der Waals surface area contributed by atoms with Crippen LogP contribution < -0.4 is 4.72 Å². The van der Waals surface area contributed by atoms with Crippen molar-refractivity contribution in [3.05, 3.63) is 78.1 Å². The maximum absolute atomic E-state index is 13.0. The fourth-order valence-electron chi connectivity index (χ4n) is 2.61. The van der Waals surface area contributed by atoms with Crippen molar-refractivity contribution in [2.45, 2.75) is 17.9 Å². The van der Waals surface area contributed by atoms with Crippen LogP contribution in [-0.4, -0.2) is 8.42 Å². The molecule has 0 saturated carbocycles. The van der Waals surface area contributed by atoms with Crippen molar-refractivity contribution in [1.82, 2.24) is 4.72 Å². The monoisotopic (exact) mass is 329 g/mol. The summed E-state index contributed by atoms with van der Waals surface area (Å²) in [6.07, 6.45) is 0. The van der Waals surface area contributed by atoms with E-state index in [1.807, 2.05) is 42.5 Å². The van der Waals surface area contributed by atoms with Crippen LogP contribution in [0.3, 0.4) is 0 Å². The Labute approximate surface area is 134 Å². The van der Waals surface area contributed by atoms with Gasteiger partial charge < -0.3 is 0 Å². The summed E-state index contributed by atoms with van der Waals surface area (Å²) in [7, 11) is -3.71. The molecule has 0 aromatic heterocycles. The number of sulfonamides is 1. The Kier molecular flexibility index (Phi) is 4.15. The molecule has 3 nitrogen and oxygen atoms in total. The minimum Gasteiger partial charge on any atom is -0.207 e. The molecule has 5 heteroatoms. The number of halogens is 1. The minimum absolute atomic E-state index is 0.0472. The van der Waals surface area contributed by atoms with Gasteiger partial charge >= 0.3 is 0 Å². The third-order valence-electron chi connectivity index (χ3n) is 3.75. The van der Waals surface area contributed by atoms with Crippen molar-refractivity contribution >= 4 is 20.8 Å². The second kappa shape index (κ2) is 6.10. The first-order valence-electron chi connectivity index (χ1n) is 7.23. The molecule has 0 amide bonds. The van der Waals surface area contributed by atoms with Crippen LogP contribution in [0.15, 0.2) is 71.6 Å². The SMILES string of the molecule is CC(NS(=O)(=O)c1ccc(F)cc1)c1cccc2ccccc12. The highest BCUT2D eigenvalue weighted by molar-refractivity contribution is 7.89. The van der Waals surface area contributed by atoms with Crippen LogP contribution in [0.1, 0.15) is 18.5 Å². The van der Waals surface area contributed by atoms with E-state index < -0.39 is 21.9 Å². The van der Waals surface area contributed by atoms with E-state index in [1.54, 1.807) is 6.92 Å². The van der Waals surface area contributed by atoms with Gasteiger partial charge in [-0.1, -0.05) is 42.5 Å². The Hall–Kier alpha value is -2.24. The van der Waals surface area contributed by atoms with E-state index in [9.17, 15) is 12.8 Å². The number of hydrogen-bond donors (Lipinski definition) is 1. The van der Waals surface area contributed by atoms with E-state index in [2.05, 4.69) is 4.72 Å². The predicted molar refractivity (Wildman–Crippen MR) is 89.1 cm³/mol. The summed E-state index contributed by atoms with van der Waals surface area (Å²) in [4.78, 5) is 0.0472. The van der Waals surface area contributed by atoms with E-state index in [4.69, 9.17) is 0 Å². The lowest BCUT2D eigenvalue weighted by molar-refractivity contribution is 0.567. The van der Waals surface area contributed by atoms with E-state index >= 15 is 0 Å². The van der Waals surface area contributed by atoms with Crippen LogP contribution in [-0.2, 0) is 10.0 Å². The molecule has 0 radical (unpaired) electrons. The number of rotatable bonds is 4. The number of fused-ring (bicyclic) bond motifs is 1. The van der Waals surface area contributed by atoms with Gasteiger partial charge in [-0.05, 0) is 47.5 Å². The molecule has 0 fully saturated rings. The highest BCUT2D eigenvalue weighted by Crippen LogP contribution is 2.25. The van der Waals surface area contributed by atoms with Gasteiger partial charge in [0.15, 0.2) is 0 Å². The Morgan fingerprint density at radius 1 is 0.913 bits per heavy atom. The molecule has 118 valence electrons. The standard InChI is InChI=1S/C18H16FNO2S/c1-13(17-8-4-6-14-5-2-3-7-18(14)17)20-23(21,22)16-11-9-15(19)10-12-16/h2-13,20H,1H3. The molecule has 0 aliphatic heterocycles. The summed E-state index contributed by atoms with van der Waals surface area (Å²) in [5.41, 5.74) is 0.897. The number of nitrogens with one attached hydrogen (secondary N) is 1. The van der Waals surface area contributed by atoms with Crippen molar-refractivity contribution < 1.29 is 12.8 Å². The van der Waals surface area contributed by atoms with Gasteiger partial charge in [0.2, 0.25) is 10.0 Å². The smallest absolute Gasteiger partial charge is 0.207 e.